The second kappa shape index (κ2) is 7.09. The van der Waals surface area contributed by atoms with Gasteiger partial charge in [0.2, 0.25) is 0 Å². The lowest BCUT2D eigenvalue weighted by atomic mass is 9.68. The Morgan fingerprint density at radius 2 is 2.22 bits per heavy atom. The molecule has 1 saturated carbocycles. The van der Waals surface area contributed by atoms with Crippen molar-refractivity contribution in [3.63, 3.8) is 0 Å². The highest BCUT2D eigenvalue weighted by molar-refractivity contribution is 9.11. The zero-order valence-electron chi connectivity index (χ0n) is 12.9. The van der Waals surface area contributed by atoms with Crippen LogP contribution in [0.5, 0.6) is 0 Å². The number of amides is 4. The number of thiophene rings is 1. The van der Waals surface area contributed by atoms with E-state index in [0.29, 0.717) is 32.7 Å². The van der Waals surface area contributed by atoms with Crippen LogP contribution in [0.15, 0.2) is 15.9 Å². The Labute approximate surface area is 148 Å². The molecule has 23 heavy (non-hydrogen) atoms. The van der Waals surface area contributed by atoms with Gasteiger partial charge in [0.15, 0.2) is 0 Å². The summed E-state index contributed by atoms with van der Waals surface area (Å²) in [4.78, 5) is 26.4. The van der Waals surface area contributed by atoms with Crippen LogP contribution >= 0.6 is 27.3 Å². The maximum Gasteiger partial charge on any atom is 0.317 e. The van der Waals surface area contributed by atoms with E-state index in [-0.39, 0.29) is 17.5 Å². The van der Waals surface area contributed by atoms with Crippen LogP contribution in [0.4, 0.5) is 9.59 Å². The number of carbonyl (C=O) groups is 2. The van der Waals surface area contributed by atoms with Gasteiger partial charge >= 0.3 is 12.1 Å². The maximum absolute atomic E-state index is 12.0. The molecule has 0 bridgehead atoms. The summed E-state index contributed by atoms with van der Waals surface area (Å²) in [5.74, 6) is 0. The molecule has 6 nitrogen and oxygen atoms in total. The minimum Gasteiger partial charge on any atom is -0.337 e. The van der Waals surface area contributed by atoms with Crippen LogP contribution in [-0.4, -0.2) is 49.7 Å². The zero-order valence-corrected chi connectivity index (χ0v) is 15.3. The van der Waals surface area contributed by atoms with Crippen LogP contribution in [-0.2, 0) is 5.41 Å². The van der Waals surface area contributed by atoms with Crippen LogP contribution in [0.1, 0.15) is 24.1 Å². The molecule has 1 aliphatic carbocycles. The zero-order chi connectivity index (χ0) is 16.3. The van der Waals surface area contributed by atoms with Gasteiger partial charge in [-0.25, -0.2) is 9.59 Å². The molecule has 2 heterocycles. The molecule has 8 heteroatoms. The quantitative estimate of drug-likeness (QED) is 0.684. The second-order valence-electron chi connectivity index (χ2n) is 6.07. The molecule has 1 aromatic heterocycles. The number of hydrogen-bond donors (Lipinski definition) is 3. The molecule has 0 atom stereocenters. The highest BCUT2D eigenvalue weighted by Crippen LogP contribution is 2.46. The van der Waals surface area contributed by atoms with Crippen molar-refractivity contribution in [2.24, 2.45) is 0 Å². The van der Waals surface area contributed by atoms with E-state index < -0.39 is 0 Å². The molecule has 0 aromatic carbocycles. The average Bonchev–Trinajstić information content (AvgIpc) is 3.07. The van der Waals surface area contributed by atoms with Crippen molar-refractivity contribution in [1.29, 1.82) is 0 Å². The first kappa shape index (κ1) is 16.6. The lowest BCUT2D eigenvalue weighted by Gasteiger charge is -2.41. The second-order valence-corrected chi connectivity index (χ2v) is 8.53. The number of rotatable bonds is 6. The van der Waals surface area contributed by atoms with E-state index in [2.05, 4.69) is 44.0 Å². The van der Waals surface area contributed by atoms with Crippen molar-refractivity contribution in [3.05, 3.63) is 20.8 Å². The number of nitrogens with one attached hydrogen (secondary N) is 3. The third kappa shape index (κ3) is 3.80. The molecule has 2 aliphatic rings. The van der Waals surface area contributed by atoms with Crippen molar-refractivity contribution < 1.29 is 9.59 Å². The molecule has 3 rings (SSSR count). The van der Waals surface area contributed by atoms with Gasteiger partial charge in [-0.1, -0.05) is 6.42 Å². The van der Waals surface area contributed by atoms with Gasteiger partial charge in [-0.2, -0.15) is 0 Å². The summed E-state index contributed by atoms with van der Waals surface area (Å²) in [7, 11) is 0. The molecule has 1 aliphatic heterocycles. The first-order valence-corrected chi connectivity index (χ1v) is 9.50. The molecule has 0 unspecified atom stereocenters. The summed E-state index contributed by atoms with van der Waals surface area (Å²) in [6.07, 6.45) is 3.45. The molecule has 2 fully saturated rings. The Kier molecular flexibility index (Phi) is 5.11. The topological polar surface area (TPSA) is 73.5 Å². The first-order chi connectivity index (χ1) is 11.1. The third-order valence-electron chi connectivity index (χ3n) is 4.61. The largest absolute Gasteiger partial charge is 0.337 e. The lowest BCUT2D eigenvalue weighted by molar-refractivity contribution is 0.211. The molecule has 126 valence electrons. The Balaban J connectivity index is 1.42. The number of urea groups is 2. The fourth-order valence-electron chi connectivity index (χ4n) is 3.05. The van der Waals surface area contributed by atoms with E-state index in [1.807, 2.05) is 0 Å². The molecule has 1 saturated heterocycles. The van der Waals surface area contributed by atoms with Gasteiger partial charge in [0, 0.05) is 43.0 Å². The molecule has 0 radical (unpaired) electrons. The van der Waals surface area contributed by atoms with E-state index in [9.17, 15) is 9.59 Å². The van der Waals surface area contributed by atoms with Crippen LogP contribution in [0.25, 0.3) is 0 Å². The van der Waals surface area contributed by atoms with Gasteiger partial charge < -0.3 is 20.9 Å². The summed E-state index contributed by atoms with van der Waals surface area (Å²) >= 11 is 5.26. The SMILES string of the molecule is O=C(NCCN1CCNC1=O)NCC1(c2ccc(Br)s2)CCC1. The van der Waals surface area contributed by atoms with Gasteiger partial charge in [0.05, 0.1) is 3.79 Å². The van der Waals surface area contributed by atoms with Crippen LogP contribution in [0.3, 0.4) is 0 Å². The fraction of sp³-hybridized carbons (Fsp3) is 0.600. The molecule has 3 N–H and O–H groups in total. The Morgan fingerprint density at radius 3 is 2.78 bits per heavy atom. The monoisotopic (exact) mass is 400 g/mol. The third-order valence-corrected chi connectivity index (χ3v) is 6.48. The lowest BCUT2D eigenvalue weighted by Crippen LogP contribution is -2.48. The van der Waals surface area contributed by atoms with Crippen LogP contribution in [0.2, 0.25) is 0 Å². The smallest absolute Gasteiger partial charge is 0.317 e. The summed E-state index contributed by atoms with van der Waals surface area (Å²) in [6, 6.07) is 4.01. The molecule has 1 aromatic rings. The van der Waals surface area contributed by atoms with E-state index >= 15 is 0 Å². The van der Waals surface area contributed by atoms with E-state index in [0.717, 1.165) is 16.6 Å². The van der Waals surface area contributed by atoms with Crippen molar-refractivity contribution in [2.75, 3.05) is 32.7 Å². The summed E-state index contributed by atoms with van der Waals surface area (Å²) in [5.41, 5.74) is 0.100. The predicted octanol–water partition coefficient (Wildman–Crippen LogP) is 2.26. The normalized spacial score (nSPS) is 19.2. The van der Waals surface area contributed by atoms with Gasteiger partial charge in [0.1, 0.15) is 0 Å². The van der Waals surface area contributed by atoms with Gasteiger partial charge in [-0.3, -0.25) is 0 Å². The average molecular weight is 401 g/mol. The van der Waals surface area contributed by atoms with Crippen molar-refractivity contribution in [2.45, 2.75) is 24.7 Å². The Hall–Kier alpha value is -1.28. The summed E-state index contributed by atoms with van der Waals surface area (Å²) < 4.78 is 1.13. The van der Waals surface area contributed by atoms with Crippen molar-refractivity contribution in [3.8, 4) is 0 Å². The van der Waals surface area contributed by atoms with Crippen molar-refractivity contribution >= 4 is 39.3 Å². The Morgan fingerprint density at radius 1 is 1.39 bits per heavy atom. The van der Waals surface area contributed by atoms with Gasteiger partial charge in [-0.05, 0) is 40.9 Å². The molecule has 4 amide bonds. The maximum atomic E-state index is 12.0. The highest BCUT2D eigenvalue weighted by atomic mass is 79.9. The van der Waals surface area contributed by atoms with Gasteiger partial charge in [-0.15, -0.1) is 11.3 Å². The summed E-state index contributed by atoms with van der Waals surface area (Å²) in [5, 5.41) is 8.57. The minimum absolute atomic E-state index is 0.0519. The van der Waals surface area contributed by atoms with E-state index in [1.54, 1.807) is 16.2 Å². The Bertz CT molecular complexity index is 588. The van der Waals surface area contributed by atoms with Gasteiger partial charge in [0.25, 0.3) is 0 Å². The standard InChI is InChI=1S/C15H21BrN4O2S/c16-12-3-2-11(23-12)15(4-1-5-15)10-19-13(21)17-6-8-20-9-7-18-14(20)22/h2-3H,1,4-10H2,(H,18,22)(H2,17,19,21). The first-order valence-electron chi connectivity index (χ1n) is 7.89. The number of halogens is 1. The van der Waals surface area contributed by atoms with Crippen LogP contribution < -0.4 is 16.0 Å². The number of carbonyl (C=O) groups excluding carboxylic acids is 2. The minimum atomic E-state index is -0.161. The molecule has 0 spiro atoms. The number of hydrogen-bond acceptors (Lipinski definition) is 3. The highest BCUT2D eigenvalue weighted by Gasteiger charge is 2.40. The molecular formula is C15H21BrN4O2S. The van der Waals surface area contributed by atoms with E-state index in [1.165, 1.54) is 11.3 Å². The van der Waals surface area contributed by atoms with Crippen LogP contribution in [0, 0.1) is 0 Å². The predicted molar refractivity (Wildman–Crippen MR) is 93.9 cm³/mol. The fourth-order valence-corrected chi connectivity index (χ4v) is 4.68. The summed E-state index contributed by atoms with van der Waals surface area (Å²) in [6.45, 7) is 3.07. The van der Waals surface area contributed by atoms with Crippen molar-refractivity contribution in [1.82, 2.24) is 20.9 Å². The number of nitrogens with zero attached hydrogens (tertiary/aromatic N) is 1. The van der Waals surface area contributed by atoms with E-state index in [4.69, 9.17) is 0 Å². The molecular weight excluding hydrogens is 380 g/mol.